The second-order valence-electron chi connectivity index (χ2n) is 4.06. The Bertz CT molecular complexity index is 363. The van der Waals surface area contributed by atoms with Crippen molar-refractivity contribution in [1.82, 2.24) is 0 Å². The molecule has 0 saturated carbocycles. The molecule has 0 spiro atoms. The van der Waals surface area contributed by atoms with E-state index in [2.05, 4.69) is 6.58 Å². The Morgan fingerprint density at radius 2 is 2.06 bits per heavy atom. The highest BCUT2D eigenvalue weighted by Gasteiger charge is 2.28. The van der Waals surface area contributed by atoms with Crippen molar-refractivity contribution in [2.75, 3.05) is 6.61 Å². The van der Waals surface area contributed by atoms with Gasteiger partial charge in [-0.25, -0.2) is 0 Å². The van der Waals surface area contributed by atoms with Gasteiger partial charge in [-0.05, 0) is 12.5 Å². The number of benzene rings is 1. The first kappa shape index (κ1) is 11.3. The van der Waals surface area contributed by atoms with Crippen LogP contribution < -0.4 is 5.73 Å². The van der Waals surface area contributed by atoms with Crippen LogP contribution in [-0.2, 0) is 9.47 Å². The summed E-state index contributed by atoms with van der Waals surface area (Å²) in [5, 5.41) is 0. The zero-order valence-electron chi connectivity index (χ0n) is 9.43. The van der Waals surface area contributed by atoms with E-state index in [1.54, 1.807) is 0 Å². The maximum atomic E-state index is 5.80. The molecule has 1 aliphatic rings. The van der Waals surface area contributed by atoms with E-state index in [4.69, 9.17) is 15.2 Å². The fourth-order valence-corrected chi connectivity index (χ4v) is 1.64. The molecule has 1 heterocycles. The third kappa shape index (κ3) is 2.32. The Balaban J connectivity index is 2.06. The molecule has 0 aromatic heterocycles. The van der Waals surface area contributed by atoms with Gasteiger partial charge in [0.15, 0.2) is 6.29 Å². The highest BCUT2D eigenvalue weighted by Crippen LogP contribution is 2.24. The second kappa shape index (κ2) is 4.78. The lowest BCUT2D eigenvalue weighted by molar-refractivity contribution is -0.183. The van der Waals surface area contributed by atoms with Gasteiger partial charge >= 0.3 is 0 Å². The summed E-state index contributed by atoms with van der Waals surface area (Å²) in [5.74, 6) is 0. The van der Waals surface area contributed by atoms with Gasteiger partial charge in [0.2, 0.25) is 0 Å². The van der Waals surface area contributed by atoms with Gasteiger partial charge in [0.05, 0.1) is 18.8 Å². The molecule has 1 fully saturated rings. The number of rotatable bonds is 2. The van der Waals surface area contributed by atoms with Crippen LogP contribution in [0.15, 0.2) is 36.9 Å². The summed E-state index contributed by atoms with van der Waals surface area (Å²) in [7, 11) is 0. The van der Waals surface area contributed by atoms with E-state index in [1.165, 1.54) is 0 Å². The monoisotopic (exact) mass is 219 g/mol. The Hall–Kier alpha value is -1.16. The van der Waals surface area contributed by atoms with E-state index in [0.29, 0.717) is 6.61 Å². The molecule has 0 bridgehead atoms. The highest BCUT2D eigenvalue weighted by atomic mass is 16.7. The summed E-state index contributed by atoms with van der Waals surface area (Å²) in [6, 6.07) is 9.84. The molecule has 2 rings (SSSR count). The van der Waals surface area contributed by atoms with E-state index in [9.17, 15) is 0 Å². The number of hydrogen-bond acceptors (Lipinski definition) is 3. The number of hydrogen-bond donors (Lipinski definition) is 1. The lowest BCUT2D eigenvalue weighted by Gasteiger charge is -2.33. The van der Waals surface area contributed by atoms with Crippen molar-refractivity contribution < 1.29 is 9.47 Å². The first-order valence-electron chi connectivity index (χ1n) is 5.45. The first-order chi connectivity index (χ1) is 7.68. The zero-order chi connectivity index (χ0) is 11.5. The van der Waals surface area contributed by atoms with Crippen LogP contribution in [-0.4, -0.2) is 25.0 Å². The van der Waals surface area contributed by atoms with Crippen LogP contribution in [0, 0.1) is 0 Å². The number of ether oxygens (including phenoxy) is 2. The van der Waals surface area contributed by atoms with Crippen molar-refractivity contribution in [3.05, 3.63) is 42.5 Å². The third-order valence-corrected chi connectivity index (χ3v) is 2.81. The van der Waals surface area contributed by atoms with Crippen LogP contribution in [0.4, 0.5) is 0 Å². The van der Waals surface area contributed by atoms with Crippen molar-refractivity contribution in [3.63, 3.8) is 0 Å². The van der Waals surface area contributed by atoms with Crippen molar-refractivity contribution in [2.45, 2.75) is 25.4 Å². The quantitative estimate of drug-likeness (QED) is 0.824. The minimum Gasteiger partial charge on any atom is -0.347 e. The van der Waals surface area contributed by atoms with E-state index < -0.39 is 0 Å². The summed E-state index contributed by atoms with van der Waals surface area (Å²) in [4.78, 5) is 0. The summed E-state index contributed by atoms with van der Waals surface area (Å²) in [6.45, 7) is 6.49. The summed E-state index contributed by atoms with van der Waals surface area (Å²) in [5.41, 5.74) is 7.68. The van der Waals surface area contributed by atoms with Gasteiger partial charge < -0.3 is 15.2 Å². The molecule has 0 unspecified atom stereocenters. The largest absolute Gasteiger partial charge is 0.347 e. The smallest absolute Gasteiger partial charge is 0.184 e. The van der Waals surface area contributed by atoms with E-state index >= 15 is 0 Å². The molecule has 3 atom stereocenters. The van der Waals surface area contributed by atoms with Crippen LogP contribution >= 0.6 is 0 Å². The van der Waals surface area contributed by atoms with Crippen LogP contribution in [0.25, 0.3) is 5.57 Å². The zero-order valence-corrected chi connectivity index (χ0v) is 9.43. The van der Waals surface area contributed by atoms with Gasteiger partial charge in [0.1, 0.15) is 0 Å². The molecule has 1 aliphatic heterocycles. The number of nitrogens with two attached hydrogens (primary N) is 1. The minimum absolute atomic E-state index is 0.000729. The molecule has 3 nitrogen and oxygen atoms in total. The van der Waals surface area contributed by atoms with E-state index in [0.717, 1.165) is 11.1 Å². The normalized spacial score (nSPS) is 30.0. The molecule has 0 amide bonds. The average Bonchev–Trinajstić information content (AvgIpc) is 2.33. The molecule has 86 valence electrons. The van der Waals surface area contributed by atoms with Crippen LogP contribution in [0.3, 0.4) is 0 Å². The fraction of sp³-hybridized carbons (Fsp3) is 0.385. The average molecular weight is 219 g/mol. The van der Waals surface area contributed by atoms with Crippen LogP contribution in [0.1, 0.15) is 12.5 Å². The SMILES string of the molecule is C=C(c1ccccc1)[C@H]1OC[C@@H](N)[C@H](C)O1. The molecule has 0 aliphatic carbocycles. The standard InChI is InChI=1S/C13H17NO2/c1-9(11-6-4-3-5-7-11)13-15-8-12(14)10(2)16-13/h3-7,10,12-13H,1,8,14H2,2H3/t10-,12+,13-/m0/s1. The molecular weight excluding hydrogens is 202 g/mol. The predicted octanol–water partition coefficient (Wildman–Crippen LogP) is 1.79. The molecule has 0 radical (unpaired) electrons. The molecule has 2 N–H and O–H groups in total. The second-order valence-corrected chi connectivity index (χ2v) is 4.06. The predicted molar refractivity (Wildman–Crippen MR) is 63.7 cm³/mol. The summed E-state index contributed by atoms with van der Waals surface area (Å²) >= 11 is 0. The van der Waals surface area contributed by atoms with E-state index in [-0.39, 0.29) is 18.4 Å². The third-order valence-electron chi connectivity index (χ3n) is 2.81. The van der Waals surface area contributed by atoms with Gasteiger partial charge in [-0.1, -0.05) is 36.9 Å². The van der Waals surface area contributed by atoms with Crippen molar-refractivity contribution in [2.24, 2.45) is 5.73 Å². The molecule has 3 heteroatoms. The topological polar surface area (TPSA) is 44.5 Å². The Kier molecular flexibility index (Phi) is 3.39. The minimum atomic E-state index is -0.378. The van der Waals surface area contributed by atoms with Gasteiger partial charge in [-0.3, -0.25) is 0 Å². The molecule has 1 saturated heterocycles. The Labute approximate surface area is 95.9 Å². The van der Waals surface area contributed by atoms with Crippen LogP contribution in [0.5, 0.6) is 0 Å². The van der Waals surface area contributed by atoms with Gasteiger partial charge in [-0.2, -0.15) is 0 Å². The van der Waals surface area contributed by atoms with Crippen molar-refractivity contribution >= 4 is 5.57 Å². The molecule has 1 aromatic carbocycles. The molecular formula is C13H17NO2. The first-order valence-corrected chi connectivity index (χ1v) is 5.45. The lowest BCUT2D eigenvalue weighted by atomic mass is 10.1. The van der Waals surface area contributed by atoms with Crippen molar-refractivity contribution in [1.29, 1.82) is 0 Å². The maximum Gasteiger partial charge on any atom is 0.184 e. The van der Waals surface area contributed by atoms with Gasteiger partial charge in [0, 0.05) is 5.57 Å². The summed E-state index contributed by atoms with van der Waals surface area (Å²) < 4.78 is 11.2. The molecule has 16 heavy (non-hydrogen) atoms. The Morgan fingerprint density at radius 3 is 2.69 bits per heavy atom. The van der Waals surface area contributed by atoms with Gasteiger partial charge in [0.25, 0.3) is 0 Å². The van der Waals surface area contributed by atoms with Gasteiger partial charge in [-0.15, -0.1) is 0 Å². The fourth-order valence-electron chi connectivity index (χ4n) is 1.64. The molecule has 1 aromatic rings. The van der Waals surface area contributed by atoms with Crippen molar-refractivity contribution in [3.8, 4) is 0 Å². The lowest BCUT2D eigenvalue weighted by Crippen LogP contribution is -2.47. The Morgan fingerprint density at radius 1 is 1.38 bits per heavy atom. The van der Waals surface area contributed by atoms with Crippen LogP contribution in [0.2, 0.25) is 0 Å². The highest BCUT2D eigenvalue weighted by molar-refractivity contribution is 5.65. The maximum absolute atomic E-state index is 5.80. The summed E-state index contributed by atoms with van der Waals surface area (Å²) in [6.07, 6.45) is -0.378. The van der Waals surface area contributed by atoms with E-state index in [1.807, 2.05) is 37.3 Å².